The topological polar surface area (TPSA) is 71.0 Å². The first kappa shape index (κ1) is 27.6. The predicted molar refractivity (Wildman–Crippen MR) is 117 cm³/mol. The Balaban J connectivity index is 2.06. The maximum atomic E-state index is 13.7. The number of ether oxygens (including phenoxy) is 2. The second-order valence-corrected chi connectivity index (χ2v) is 8.72. The standard InChI is InChI=1S/C24H26F6N2O4/c1-35-14-22(5-6-31-13-22)21(34)32(11-15-3-4-19(33)20(9-15)36-2)12-16-7-17(23(25,26)27)10-18(8-16)24(28,29)30/h3-4,7-10,31,33H,5-6,11-14H2,1-2H3. The van der Waals surface area contributed by atoms with Crippen LogP contribution in [0.25, 0.3) is 0 Å². The van der Waals surface area contributed by atoms with Crippen molar-refractivity contribution in [1.82, 2.24) is 10.2 Å². The van der Waals surface area contributed by atoms with Crippen molar-refractivity contribution in [3.63, 3.8) is 0 Å². The molecule has 1 aliphatic heterocycles. The summed E-state index contributed by atoms with van der Waals surface area (Å²) >= 11 is 0. The van der Waals surface area contributed by atoms with Crippen LogP contribution in [0.15, 0.2) is 36.4 Å². The highest BCUT2D eigenvalue weighted by Gasteiger charge is 2.44. The average molecular weight is 520 g/mol. The summed E-state index contributed by atoms with van der Waals surface area (Å²) in [6, 6.07) is 5.53. The van der Waals surface area contributed by atoms with E-state index in [0.29, 0.717) is 30.7 Å². The molecule has 1 heterocycles. The van der Waals surface area contributed by atoms with Gasteiger partial charge < -0.3 is 24.8 Å². The number of phenolic OH excluding ortho intramolecular Hbond substituents is 1. The van der Waals surface area contributed by atoms with Crippen molar-refractivity contribution >= 4 is 5.91 Å². The Morgan fingerprint density at radius 3 is 2.11 bits per heavy atom. The average Bonchev–Trinajstić information content (AvgIpc) is 3.28. The van der Waals surface area contributed by atoms with Gasteiger partial charge in [-0.15, -0.1) is 0 Å². The van der Waals surface area contributed by atoms with Crippen molar-refractivity contribution in [3.8, 4) is 11.5 Å². The highest BCUT2D eigenvalue weighted by molar-refractivity contribution is 5.83. The van der Waals surface area contributed by atoms with Crippen LogP contribution in [-0.4, -0.2) is 49.8 Å². The number of amides is 1. The minimum atomic E-state index is -5.01. The van der Waals surface area contributed by atoms with Crippen LogP contribution in [0.4, 0.5) is 26.3 Å². The number of benzene rings is 2. The normalized spacial score (nSPS) is 18.3. The van der Waals surface area contributed by atoms with Gasteiger partial charge in [0.05, 0.1) is 30.3 Å². The van der Waals surface area contributed by atoms with Gasteiger partial charge in [-0.05, 0) is 54.4 Å². The minimum absolute atomic E-state index is 0.0185. The third-order valence-corrected chi connectivity index (χ3v) is 6.04. The Morgan fingerprint density at radius 2 is 1.61 bits per heavy atom. The Hall–Kier alpha value is -2.99. The Labute approximate surface area is 203 Å². The molecule has 0 aliphatic carbocycles. The molecule has 3 rings (SSSR count). The zero-order valence-corrected chi connectivity index (χ0v) is 19.6. The summed E-state index contributed by atoms with van der Waals surface area (Å²) in [5.74, 6) is -0.539. The molecule has 1 amide bonds. The number of nitrogens with one attached hydrogen (secondary N) is 1. The fourth-order valence-electron chi connectivity index (χ4n) is 4.29. The van der Waals surface area contributed by atoms with Crippen molar-refractivity contribution in [2.75, 3.05) is 33.9 Å². The first-order valence-corrected chi connectivity index (χ1v) is 10.9. The number of halogens is 6. The summed E-state index contributed by atoms with van der Waals surface area (Å²) < 4.78 is 90.7. The molecule has 36 heavy (non-hydrogen) atoms. The Morgan fingerprint density at radius 1 is 1.00 bits per heavy atom. The van der Waals surface area contributed by atoms with E-state index in [1.807, 2.05) is 0 Å². The predicted octanol–water partition coefficient (Wildman–Crippen LogP) is 4.59. The molecule has 12 heteroatoms. The van der Waals surface area contributed by atoms with E-state index in [0.717, 1.165) is 0 Å². The summed E-state index contributed by atoms with van der Waals surface area (Å²) in [6.07, 6.45) is -9.64. The highest BCUT2D eigenvalue weighted by Crippen LogP contribution is 2.37. The van der Waals surface area contributed by atoms with Gasteiger partial charge >= 0.3 is 12.4 Å². The zero-order valence-electron chi connectivity index (χ0n) is 19.6. The van der Waals surface area contributed by atoms with Crippen LogP contribution in [0.5, 0.6) is 11.5 Å². The molecule has 0 aromatic heterocycles. The van der Waals surface area contributed by atoms with E-state index in [1.54, 1.807) is 0 Å². The quantitative estimate of drug-likeness (QED) is 0.499. The monoisotopic (exact) mass is 520 g/mol. The Kier molecular flexibility index (Phi) is 8.09. The van der Waals surface area contributed by atoms with Crippen LogP contribution >= 0.6 is 0 Å². The fraction of sp³-hybridized carbons (Fsp3) is 0.458. The molecule has 0 saturated carbocycles. The zero-order chi connectivity index (χ0) is 26.7. The summed E-state index contributed by atoms with van der Waals surface area (Å²) in [5.41, 5.74) is -3.82. The minimum Gasteiger partial charge on any atom is -0.504 e. The smallest absolute Gasteiger partial charge is 0.416 e. The molecule has 0 spiro atoms. The van der Waals surface area contributed by atoms with E-state index in [1.165, 1.54) is 37.3 Å². The number of phenols is 1. The number of methoxy groups -OCH3 is 2. The number of rotatable bonds is 8. The van der Waals surface area contributed by atoms with E-state index in [4.69, 9.17) is 9.47 Å². The maximum Gasteiger partial charge on any atom is 0.416 e. The second kappa shape index (κ2) is 10.6. The molecule has 1 fully saturated rings. The summed E-state index contributed by atoms with van der Waals surface area (Å²) in [5, 5.41) is 12.9. The summed E-state index contributed by atoms with van der Waals surface area (Å²) in [6.45, 7) is 0.0901. The lowest BCUT2D eigenvalue weighted by Gasteiger charge is -2.34. The number of hydrogen-bond acceptors (Lipinski definition) is 5. The van der Waals surface area contributed by atoms with Crippen LogP contribution in [0.3, 0.4) is 0 Å². The van der Waals surface area contributed by atoms with Gasteiger partial charge in [0.25, 0.3) is 0 Å². The van der Waals surface area contributed by atoms with Gasteiger partial charge in [0.2, 0.25) is 5.91 Å². The van der Waals surface area contributed by atoms with E-state index < -0.39 is 41.3 Å². The third-order valence-electron chi connectivity index (χ3n) is 6.04. The van der Waals surface area contributed by atoms with Crippen molar-refractivity contribution in [2.45, 2.75) is 31.9 Å². The summed E-state index contributed by atoms with van der Waals surface area (Å²) in [7, 11) is 2.73. The third kappa shape index (κ3) is 6.22. The maximum absolute atomic E-state index is 13.7. The van der Waals surface area contributed by atoms with Crippen LogP contribution in [0, 0.1) is 5.41 Å². The van der Waals surface area contributed by atoms with Crippen LogP contribution in [-0.2, 0) is 35.0 Å². The van der Waals surface area contributed by atoms with Gasteiger partial charge in [0.1, 0.15) is 0 Å². The molecule has 2 N–H and O–H groups in total. The van der Waals surface area contributed by atoms with E-state index >= 15 is 0 Å². The first-order chi connectivity index (χ1) is 16.8. The lowest BCUT2D eigenvalue weighted by atomic mass is 9.86. The molecule has 2 aromatic rings. The number of carbonyl (C=O) groups is 1. The van der Waals surface area contributed by atoms with Crippen molar-refractivity contribution < 1.29 is 45.7 Å². The molecule has 1 unspecified atom stereocenters. The van der Waals surface area contributed by atoms with E-state index in [9.17, 15) is 36.2 Å². The molecule has 1 saturated heterocycles. The molecule has 1 atom stereocenters. The summed E-state index contributed by atoms with van der Waals surface area (Å²) in [4.78, 5) is 14.9. The number of aromatic hydroxyl groups is 1. The van der Waals surface area contributed by atoms with Crippen molar-refractivity contribution in [2.24, 2.45) is 5.41 Å². The number of alkyl halides is 6. The molecular weight excluding hydrogens is 494 g/mol. The van der Waals surface area contributed by atoms with Crippen molar-refractivity contribution in [1.29, 1.82) is 0 Å². The van der Waals surface area contributed by atoms with Crippen LogP contribution in [0.2, 0.25) is 0 Å². The highest BCUT2D eigenvalue weighted by atomic mass is 19.4. The van der Waals surface area contributed by atoms with Gasteiger partial charge in [-0.3, -0.25) is 4.79 Å². The SMILES string of the molecule is COCC1(C(=O)N(Cc2cc(C(F)(F)F)cc(C(F)(F)F)c2)Cc2ccc(O)c(OC)c2)CCNC1. The van der Waals surface area contributed by atoms with E-state index in [2.05, 4.69) is 5.32 Å². The van der Waals surface area contributed by atoms with Crippen LogP contribution < -0.4 is 10.1 Å². The molecule has 0 bridgehead atoms. The number of hydrogen-bond donors (Lipinski definition) is 2. The Bertz CT molecular complexity index is 1050. The number of nitrogens with zero attached hydrogens (tertiary/aromatic N) is 1. The van der Waals surface area contributed by atoms with Gasteiger partial charge in [0.15, 0.2) is 11.5 Å². The number of carbonyl (C=O) groups excluding carboxylic acids is 1. The van der Waals surface area contributed by atoms with Crippen molar-refractivity contribution in [3.05, 3.63) is 58.7 Å². The molecule has 6 nitrogen and oxygen atoms in total. The van der Waals surface area contributed by atoms with Crippen LogP contribution in [0.1, 0.15) is 28.7 Å². The van der Waals surface area contributed by atoms with Gasteiger partial charge in [-0.25, -0.2) is 0 Å². The first-order valence-electron chi connectivity index (χ1n) is 10.9. The van der Waals surface area contributed by atoms with Gasteiger partial charge in [-0.2, -0.15) is 26.3 Å². The fourth-order valence-corrected chi connectivity index (χ4v) is 4.29. The molecule has 0 radical (unpaired) electrons. The largest absolute Gasteiger partial charge is 0.504 e. The lowest BCUT2D eigenvalue weighted by molar-refractivity contribution is -0.145. The second-order valence-electron chi connectivity index (χ2n) is 8.72. The van der Waals surface area contributed by atoms with Gasteiger partial charge in [0, 0.05) is 26.7 Å². The molecule has 2 aromatic carbocycles. The molecule has 1 aliphatic rings. The lowest BCUT2D eigenvalue weighted by Crippen LogP contribution is -2.47. The molecular formula is C24H26F6N2O4. The van der Waals surface area contributed by atoms with Gasteiger partial charge in [-0.1, -0.05) is 6.07 Å². The van der Waals surface area contributed by atoms with E-state index in [-0.39, 0.29) is 42.8 Å². The molecule has 198 valence electrons.